The normalized spacial score (nSPS) is 19.6. The van der Waals surface area contributed by atoms with Crippen LogP contribution >= 0.6 is 0 Å². The zero-order valence-corrected chi connectivity index (χ0v) is 9.50. The molecular weight excluding hydrogens is 218 g/mol. The molecule has 0 saturated carbocycles. The molecule has 1 saturated heterocycles. The summed E-state index contributed by atoms with van der Waals surface area (Å²) >= 11 is 0. The van der Waals surface area contributed by atoms with Crippen LogP contribution in [0.15, 0.2) is 24.4 Å². The van der Waals surface area contributed by atoms with E-state index in [9.17, 15) is 9.59 Å². The molecule has 1 aromatic rings. The van der Waals surface area contributed by atoms with Crippen LogP contribution in [0.1, 0.15) is 12.1 Å². The lowest BCUT2D eigenvalue weighted by molar-refractivity contribution is -0.136. The minimum Gasteiger partial charge on any atom is -0.369 e. The van der Waals surface area contributed by atoms with Gasteiger partial charge in [0.25, 0.3) is 0 Å². The number of aromatic nitrogens is 1. The van der Waals surface area contributed by atoms with Crippen LogP contribution in [-0.4, -0.2) is 34.8 Å². The molecule has 2 N–H and O–H groups in total. The van der Waals surface area contributed by atoms with Crippen LogP contribution in [0.25, 0.3) is 0 Å². The molecule has 1 aliphatic heterocycles. The van der Waals surface area contributed by atoms with Gasteiger partial charge >= 0.3 is 0 Å². The standard InChI is InChI=1S/C12H15N3O2/c13-11(16)10-5-8-15(12(10)17)7-4-9-3-1-2-6-14-9/h1-3,6,10H,4-5,7-8H2,(H2,13,16). The Hall–Kier alpha value is -1.91. The number of nitrogens with zero attached hydrogens (tertiary/aromatic N) is 2. The van der Waals surface area contributed by atoms with Gasteiger partial charge in [-0.25, -0.2) is 0 Å². The van der Waals surface area contributed by atoms with Gasteiger partial charge in [0.2, 0.25) is 11.8 Å². The number of likely N-dealkylation sites (tertiary alicyclic amines) is 1. The third-order valence-corrected chi connectivity index (χ3v) is 3.00. The Morgan fingerprint density at radius 1 is 1.53 bits per heavy atom. The molecule has 1 aromatic heterocycles. The number of amides is 2. The van der Waals surface area contributed by atoms with E-state index in [1.165, 1.54) is 0 Å². The first-order valence-corrected chi connectivity index (χ1v) is 5.66. The largest absolute Gasteiger partial charge is 0.369 e. The number of primary amides is 1. The third kappa shape index (κ3) is 2.61. The van der Waals surface area contributed by atoms with Crippen molar-refractivity contribution in [2.24, 2.45) is 11.7 Å². The van der Waals surface area contributed by atoms with Crippen LogP contribution in [-0.2, 0) is 16.0 Å². The lowest BCUT2D eigenvalue weighted by Gasteiger charge is -2.15. The molecule has 0 aromatic carbocycles. The Balaban J connectivity index is 1.89. The minimum absolute atomic E-state index is 0.145. The topological polar surface area (TPSA) is 76.3 Å². The van der Waals surface area contributed by atoms with E-state index in [2.05, 4.69) is 4.98 Å². The predicted octanol–water partition coefficient (Wildman–Crippen LogP) is -0.0421. The molecule has 1 fully saturated rings. The van der Waals surface area contributed by atoms with E-state index in [-0.39, 0.29) is 5.91 Å². The maximum atomic E-state index is 11.8. The molecule has 1 aliphatic rings. The van der Waals surface area contributed by atoms with Crippen molar-refractivity contribution in [2.45, 2.75) is 12.8 Å². The Morgan fingerprint density at radius 3 is 2.94 bits per heavy atom. The highest BCUT2D eigenvalue weighted by Gasteiger charge is 2.34. The lowest BCUT2D eigenvalue weighted by atomic mass is 10.1. The van der Waals surface area contributed by atoms with Gasteiger partial charge in [-0.1, -0.05) is 6.07 Å². The van der Waals surface area contributed by atoms with E-state index in [0.717, 1.165) is 5.69 Å². The van der Waals surface area contributed by atoms with Gasteiger partial charge in [-0.15, -0.1) is 0 Å². The smallest absolute Gasteiger partial charge is 0.235 e. The summed E-state index contributed by atoms with van der Waals surface area (Å²) in [6.07, 6.45) is 2.97. The van der Waals surface area contributed by atoms with Crippen LogP contribution in [0, 0.1) is 5.92 Å². The Morgan fingerprint density at radius 2 is 2.35 bits per heavy atom. The molecular formula is C12H15N3O2. The molecule has 5 heteroatoms. The average Bonchev–Trinajstić information content (AvgIpc) is 2.69. The van der Waals surface area contributed by atoms with Crippen LogP contribution in [0.3, 0.4) is 0 Å². The Labute approximate surface area is 99.6 Å². The number of pyridine rings is 1. The predicted molar refractivity (Wildman–Crippen MR) is 61.8 cm³/mol. The molecule has 0 spiro atoms. The molecule has 1 unspecified atom stereocenters. The molecule has 2 heterocycles. The first-order valence-electron chi connectivity index (χ1n) is 5.66. The zero-order valence-electron chi connectivity index (χ0n) is 9.50. The summed E-state index contributed by atoms with van der Waals surface area (Å²) in [5.74, 6) is -1.29. The van der Waals surface area contributed by atoms with E-state index >= 15 is 0 Å². The molecule has 17 heavy (non-hydrogen) atoms. The first kappa shape index (κ1) is 11.6. The van der Waals surface area contributed by atoms with E-state index in [4.69, 9.17) is 5.73 Å². The summed E-state index contributed by atoms with van der Waals surface area (Å²) < 4.78 is 0. The van der Waals surface area contributed by atoms with Gasteiger partial charge in [-0.3, -0.25) is 14.6 Å². The maximum Gasteiger partial charge on any atom is 0.235 e. The second kappa shape index (κ2) is 4.95. The lowest BCUT2D eigenvalue weighted by Crippen LogP contribution is -2.34. The van der Waals surface area contributed by atoms with Crippen LogP contribution in [0.5, 0.6) is 0 Å². The summed E-state index contributed by atoms with van der Waals surface area (Å²) in [5, 5.41) is 0. The van der Waals surface area contributed by atoms with Crippen LogP contribution < -0.4 is 5.73 Å². The molecule has 5 nitrogen and oxygen atoms in total. The van der Waals surface area contributed by atoms with Crippen molar-refractivity contribution in [3.8, 4) is 0 Å². The van der Waals surface area contributed by atoms with Crippen molar-refractivity contribution in [1.29, 1.82) is 0 Å². The second-order valence-corrected chi connectivity index (χ2v) is 4.14. The fourth-order valence-electron chi connectivity index (χ4n) is 2.02. The van der Waals surface area contributed by atoms with Gasteiger partial charge in [0.15, 0.2) is 0 Å². The number of carbonyl (C=O) groups excluding carboxylic acids is 2. The summed E-state index contributed by atoms with van der Waals surface area (Å²) in [7, 11) is 0. The van der Waals surface area contributed by atoms with Crippen molar-refractivity contribution in [3.63, 3.8) is 0 Å². The summed E-state index contributed by atoms with van der Waals surface area (Å²) in [6.45, 7) is 1.21. The number of carbonyl (C=O) groups is 2. The van der Waals surface area contributed by atoms with Gasteiger partial charge in [-0.2, -0.15) is 0 Å². The first-order chi connectivity index (χ1) is 8.18. The second-order valence-electron chi connectivity index (χ2n) is 4.14. The van der Waals surface area contributed by atoms with Gasteiger partial charge in [0.05, 0.1) is 0 Å². The monoisotopic (exact) mass is 233 g/mol. The van der Waals surface area contributed by atoms with Gasteiger partial charge < -0.3 is 10.6 Å². The van der Waals surface area contributed by atoms with Crippen molar-refractivity contribution in [2.75, 3.05) is 13.1 Å². The van der Waals surface area contributed by atoms with Crippen LogP contribution in [0.2, 0.25) is 0 Å². The van der Waals surface area contributed by atoms with Crippen molar-refractivity contribution in [3.05, 3.63) is 30.1 Å². The number of rotatable bonds is 4. The molecule has 0 bridgehead atoms. The molecule has 90 valence electrons. The Kier molecular flexibility index (Phi) is 3.37. The molecule has 0 radical (unpaired) electrons. The van der Waals surface area contributed by atoms with E-state index < -0.39 is 11.8 Å². The Bertz CT molecular complexity index is 419. The molecule has 0 aliphatic carbocycles. The highest BCUT2D eigenvalue weighted by atomic mass is 16.2. The fraction of sp³-hybridized carbons (Fsp3) is 0.417. The number of hydrogen-bond donors (Lipinski definition) is 1. The fourth-order valence-corrected chi connectivity index (χ4v) is 2.02. The van der Waals surface area contributed by atoms with Gasteiger partial charge in [-0.05, 0) is 18.6 Å². The number of hydrogen-bond acceptors (Lipinski definition) is 3. The van der Waals surface area contributed by atoms with Crippen LogP contribution in [0.4, 0.5) is 0 Å². The minimum atomic E-state index is -0.626. The summed E-state index contributed by atoms with van der Waals surface area (Å²) in [6, 6.07) is 5.69. The third-order valence-electron chi connectivity index (χ3n) is 3.00. The highest BCUT2D eigenvalue weighted by molar-refractivity contribution is 6.00. The van der Waals surface area contributed by atoms with Crippen molar-refractivity contribution < 1.29 is 9.59 Å². The van der Waals surface area contributed by atoms with Gasteiger partial charge in [0.1, 0.15) is 5.92 Å². The highest BCUT2D eigenvalue weighted by Crippen LogP contribution is 2.17. The average molecular weight is 233 g/mol. The summed E-state index contributed by atoms with van der Waals surface area (Å²) in [4.78, 5) is 28.6. The van der Waals surface area contributed by atoms with Gasteiger partial charge in [0, 0.05) is 31.4 Å². The van der Waals surface area contributed by atoms with Crippen molar-refractivity contribution >= 4 is 11.8 Å². The maximum absolute atomic E-state index is 11.8. The quantitative estimate of drug-likeness (QED) is 0.741. The SMILES string of the molecule is NC(=O)C1CCN(CCc2ccccn2)C1=O. The van der Waals surface area contributed by atoms with Crippen molar-refractivity contribution in [1.82, 2.24) is 9.88 Å². The van der Waals surface area contributed by atoms with E-state index in [1.807, 2.05) is 18.2 Å². The summed E-state index contributed by atoms with van der Waals surface area (Å²) in [5.41, 5.74) is 6.11. The zero-order chi connectivity index (χ0) is 12.3. The van der Waals surface area contributed by atoms with E-state index in [0.29, 0.717) is 25.9 Å². The number of nitrogens with two attached hydrogens (primary N) is 1. The molecule has 2 rings (SSSR count). The van der Waals surface area contributed by atoms with E-state index in [1.54, 1.807) is 11.1 Å². The molecule has 1 atom stereocenters. The molecule has 2 amide bonds.